The van der Waals surface area contributed by atoms with E-state index in [2.05, 4.69) is 31.2 Å². The summed E-state index contributed by atoms with van der Waals surface area (Å²) in [7, 11) is 0. The van der Waals surface area contributed by atoms with Gasteiger partial charge in [-0.15, -0.1) is 20.4 Å². The summed E-state index contributed by atoms with van der Waals surface area (Å²) in [5.74, 6) is -0.410. The third-order valence-corrected chi connectivity index (χ3v) is 5.78. The Balaban J connectivity index is 1.62. The van der Waals surface area contributed by atoms with Crippen LogP contribution < -0.4 is 16.6 Å². The highest BCUT2D eigenvalue weighted by atomic mass is 32.2. The Morgan fingerprint density at radius 3 is 2.00 bits per heavy atom. The quantitative estimate of drug-likeness (QED) is 0.480. The van der Waals surface area contributed by atoms with Gasteiger partial charge in [-0.3, -0.25) is 20.4 Å². The number of amides is 2. The fourth-order valence-electron chi connectivity index (χ4n) is 1.08. The van der Waals surface area contributed by atoms with E-state index in [1.165, 1.54) is 46.2 Å². The minimum Gasteiger partial charge on any atom is -0.374 e. The van der Waals surface area contributed by atoms with Crippen LogP contribution >= 0.6 is 46.2 Å². The molecular formula is C9H11N7O2S4. The van der Waals surface area contributed by atoms with Crippen molar-refractivity contribution in [2.45, 2.75) is 15.6 Å². The van der Waals surface area contributed by atoms with E-state index in [1.807, 2.05) is 6.92 Å². The van der Waals surface area contributed by atoms with Gasteiger partial charge in [-0.2, -0.15) is 0 Å². The molecule has 13 heteroatoms. The summed E-state index contributed by atoms with van der Waals surface area (Å²) in [6, 6.07) is 0. The van der Waals surface area contributed by atoms with Crippen LogP contribution in [0.2, 0.25) is 0 Å². The largest absolute Gasteiger partial charge is 0.374 e. The first-order chi connectivity index (χ1) is 10.5. The van der Waals surface area contributed by atoms with Gasteiger partial charge in [0.1, 0.15) is 5.01 Å². The Kier molecular flexibility index (Phi) is 6.35. The second-order valence-corrected chi connectivity index (χ2v) is 8.30. The number of anilines is 1. The van der Waals surface area contributed by atoms with Gasteiger partial charge in [-0.05, 0) is 6.92 Å². The Hall–Kier alpha value is -1.44. The number of nitrogens with one attached hydrogen (secondary N) is 2. The maximum absolute atomic E-state index is 11.6. The summed E-state index contributed by atoms with van der Waals surface area (Å²) >= 11 is 5.06. The molecule has 0 aromatic carbocycles. The predicted octanol–water partition coefficient (Wildman–Crippen LogP) is 0.312. The lowest BCUT2D eigenvalue weighted by molar-refractivity contribution is -0.126. The molecule has 2 rings (SSSR count). The van der Waals surface area contributed by atoms with Crippen LogP contribution in [0, 0.1) is 6.92 Å². The molecule has 0 fully saturated rings. The van der Waals surface area contributed by atoms with Crippen molar-refractivity contribution >= 4 is 63.1 Å². The van der Waals surface area contributed by atoms with Gasteiger partial charge in [0.15, 0.2) is 8.68 Å². The molecule has 0 aliphatic carbocycles. The molecule has 0 unspecified atom stereocenters. The van der Waals surface area contributed by atoms with Crippen LogP contribution in [0.25, 0.3) is 0 Å². The Morgan fingerprint density at radius 1 is 1.00 bits per heavy atom. The first-order valence-corrected chi connectivity index (χ1v) is 9.35. The summed E-state index contributed by atoms with van der Waals surface area (Å²) in [5.41, 5.74) is 10.1. The third-order valence-electron chi connectivity index (χ3n) is 1.92. The molecule has 9 nitrogen and oxygen atoms in total. The highest BCUT2D eigenvalue weighted by Gasteiger charge is 2.09. The van der Waals surface area contributed by atoms with E-state index >= 15 is 0 Å². The molecule has 2 aromatic heterocycles. The van der Waals surface area contributed by atoms with Crippen molar-refractivity contribution in [3.8, 4) is 0 Å². The van der Waals surface area contributed by atoms with E-state index in [4.69, 9.17) is 5.73 Å². The van der Waals surface area contributed by atoms with E-state index in [0.717, 1.165) is 5.01 Å². The molecule has 0 aliphatic rings. The van der Waals surface area contributed by atoms with Crippen LogP contribution in [-0.2, 0) is 9.59 Å². The fraction of sp³-hybridized carbons (Fsp3) is 0.333. The smallest absolute Gasteiger partial charge is 0.248 e. The third kappa shape index (κ3) is 5.75. The van der Waals surface area contributed by atoms with E-state index < -0.39 is 0 Å². The van der Waals surface area contributed by atoms with E-state index in [0.29, 0.717) is 13.8 Å². The van der Waals surface area contributed by atoms with Crippen LogP contribution in [0.1, 0.15) is 5.01 Å². The lowest BCUT2D eigenvalue weighted by Crippen LogP contribution is -2.43. The number of aryl methyl sites for hydroxylation is 1. The zero-order valence-electron chi connectivity index (χ0n) is 11.2. The maximum atomic E-state index is 11.6. The molecule has 2 aromatic rings. The molecule has 4 N–H and O–H groups in total. The molecule has 118 valence electrons. The summed E-state index contributed by atoms with van der Waals surface area (Å²) in [5, 5.41) is 16.3. The van der Waals surface area contributed by atoms with Crippen molar-refractivity contribution in [3.05, 3.63) is 5.01 Å². The highest BCUT2D eigenvalue weighted by Crippen LogP contribution is 2.23. The van der Waals surface area contributed by atoms with E-state index in [9.17, 15) is 9.59 Å². The topological polar surface area (TPSA) is 136 Å². The van der Waals surface area contributed by atoms with Crippen LogP contribution in [0.15, 0.2) is 8.68 Å². The van der Waals surface area contributed by atoms with Gasteiger partial charge in [0.05, 0.1) is 11.5 Å². The number of hydrogen-bond donors (Lipinski definition) is 3. The number of aromatic nitrogens is 4. The van der Waals surface area contributed by atoms with Gasteiger partial charge in [0, 0.05) is 0 Å². The highest BCUT2D eigenvalue weighted by molar-refractivity contribution is 8.01. The fourth-order valence-corrected chi connectivity index (χ4v) is 4.13. The monoisotopic (exact) mass is 377 g/mol. The van der Waals surface area contributed by atoms with Crippen molar-refractivity contribution in [2.24, 2.45) is 0 Å². The van der Waals surface area contributed by atoms with Gasteiger partial charge < -0.3 is 5.73 Å². The first kappa shape index (κ1) is 16.9. The number of nitrogen functional groups attached to an aromatic ring is 1. The van der Waals surface area contributed by atoms with Crippen molar-refractivity contribution in [2.75, 3.05) is 17.2 Å². The summed E-state index contributed by atoms with van der Waals surface area (Å²) in [6.07, 6.45) is 0. The maximum Gasteiger partial charge on any atom is 0.248 e. The Morgan fingerprint density at radius 2 is 1.55 bits per heavy atom. The molecule has 0 spiro atoms. The van der Waals surface area contributed by atoms with Crippen LogP contribution in [0.5, 0.6) is 0 Å². The van der Waals surface area contributed by atoms with Crippen LogP contribution in [0.4, 0.5) is 5.13 Å². The van der Waals surface area contributed by atoms with Gasteiger partial charge in [-0.1, -0.05) is 46.2 Å². The summed E-state index contributed by atoms with van der Waals surface area (Å²) < 4.78 is 1.31. The molecule has 0 radical (unpaired) electrons. The van der Waals surface area contributed by atoms with Gasteiger partial charge in [0.25, 0.3) is 0 Å². The van der Waals surface area contributed by atoms with E-state index in [-0.39, 0.29) is 23.3 Å². The zero-order valence-corrected chi connectivity index (χ0v) is 14.5. The number of thioether (sulfide) groups is 2. The normalized spacial score (nSPS) is 10.4. The van der Waals surface area contributed by atoms with Gasteiger partial charge in [0.2, 0.25) is 16.9 Å². The summed E-state index contributed by atoms with van der Waals surface area (Å²) in [4.78, 5) is 23.1. The molecule has 2 heterocycles. The average Bonchev–Trinajstić information content (AvgIpc) is 3.09. The number of nitrogens with two attached hydrogens (primary N) is 1. The lowest BCUT2D eigenvalue weighted by atomic mass is 10.7. The minimum atomic E-state index is -0.344. The number of nitrogens with zero attached hydrogens (tertiary/aromatic N) is 4. The van der Waals surface area contributed by atoms with Crippen molar-refractivity contribution in [3.63, 3.8) is 0 Å². The van der Waals surface area contributed by atoms with Crippen molar-refractivity contribution in [1.29, 1.82) is 0 Å². The summed E-state index contributed by atoms with van der Waals surface area (Å²) in [6.45, 7) is 1.84. The average molecular weight is 378 g/mol. The molecule has 0 atom stereocenters. The number of hydrogen-bond acceptors (Lipinski definition) is 11. The van der Waals surface area contributed by atoms with Gasteiger partial charge in [-0.25, -0.2) is 0 Å². The Labute approximate surface area is 141 Å². The van der Waals surface area contributed by atoms with Crippen LogP contribution in [-0.4, -0.2) is 43.7 Å². The molecule has 2 amide bonds. The molecule has 22 heavy (non-hydrogen) atoms. The molecular weight excluding hydrogens is 366 g/mol. The molecule has 0 bridgehead atoms. The second-order valence-electron chi connectivity index (χ2n) is 3.67. The Bertz CT molecular complexity index is 602. The SMILES string of the molecule is Cc1nnc(SCC(=O)NNC(=O)CSc2nnc(N)s2)s1. The lowest BCUT2D eigenvalue weighted by Gasteiger charge is -2.05. The van der Waals surface area contributed by atoms with Crippen molar-refractivity contribution < 1.29 is 9.59 Å². The number of rotatable bonds is 6. The number of hydrazine groups is 1. The number of carbonyl (C=O) groups is 2. The second kappa shape index (κ2) is 8.26. The number of carbonyl (C=O) groups excluding carboxylic acids is 2. The van der Waals surface area contributed by atoms with Crippen LogP contribution in [0.3, 0.4) is 0 Å². The van der Waals surface area contributed by atoms with Gasteiger partial charge >= 0.3 is 0 Å². The molecule has 0 saturated carbocycles. The first-order valence-electron chi connectivity index (χ1n) is 5.75. The van der Waals surface area contributed by atoms with Crippen molar-refractivity contribution in [1.82, 2.24) is 31.2 Å². The zero-order chi connectivity index (χ0) is 15.9. The predicted molar refractivity (Wildman–Crippen MR) is 86.7 cm³/mol. The standard InChI is InChI=1S/C9H11N7O2S4/c1-4-11-15-8(21-4)19-2-5(17)12-13-6(18)3-20-9-16-14-7(10)22-9/h2-3H2,1H3,(H2,10,14)(H,12,17)(H,13,18). The van der Waals surface area contributed by atoms with E-state index in [1.54, 1.807) is 0 Å². The molecule has 0 aliphatic heterocycles. The molecule has 0 saturated heterocycles. The minimum absolute atomic E-state index is 0.109.